The Morgan fingerprint density at radius 1 is 0.886 bits per heavy atom. The summed E-state index contributed by atoms with van der Waals surface area (Å²) >= 11 is 6.09. The van der Waals surface area contributed by atoms with Crippen LogP contribution >= 0.6 is 11.6 Å². The topological polar surface area (TPSA) is 86.3 Å². The summed E-state index contributed by atoms with van der Waals surface area (Å²) in [4.78, 5) is 16.4. The molecule has 0 atom stereocenters. The SMILES string of the molecule is COc1cc(-c2ccc(N3CCN(C(=O)COc4ccccc4Cl)CC3)nn2)cc(OC)c1OC. The van der Waals surface area contributed by atoms with Gasteiger partial charge in [0.1, 0.15) is 5.75 Å². The highest BCUT2D eigenvalue weighted by molar-refractivity contribution is 6.32. The van der Waals surface area contributed by atoms with Crippen molar-refractivity contribution in [3.8, 4) is 34.3 Å². The fraction of sp³-hybridized carbons (Fsp3) is 0.320. The van der Waals surface area contributed by atoms with Crippen LogP contribution in [0.25, 0.3) is 11.3 Å². The van der Waals surface area contributed by atoms with Gasteiger partial charge in [-0.2, -0.15) is 0 Å². The molecule has 9 nitrogen and oxygen atoms in total. The maximum absolute atomic E-state index is 12.6. The van der Waals surface area contributed by atoms with Gasteiger partial charge < -0.3 is 28.7 Å². The van der Waals surface area contributed by atoms with Crippen LogP contribution in [0.3, 0.4) is 0 Å². The number of methoxy groups -OCH3 is 3. The van der Waals surface area contributed by atoms with E-state index in [4.69, 9.17) is 30.5 Å². The summed E-state index contributed by atoms with van der Waals surface area (Å²) in [6, 6.07) is 14.6. The van der Waals surface area contributed by atoms with Gasteiger partial charge in [0.05, 0.1) is 32.0 Å². The number of halogens is 1. The number of carbonyl (C=O) groups is 1. The van der Waals surface area contributed by atoms with Crippen molar-refractivity contribution in [2.75, 3.05) is 59.0 Å². The summed E-state index contributed by atoms with van der Waals surface area (Å²) < 4.78 is 21.8. The van der Waals surface area contributed by atoms with Crippen molar-refractivity contribution in [1.82, 2.24) is 15.1 Å². The molecule has 184 valence electrons. The minimum atomic E-state index is -0.0756. The van der Waals surface area contributed by atoms with E-state index in [0.717, 1.165) is 11.4 Å². The van der Waals surface area contributed by atoms with Crippen LogP contribution in [0.2, 0.25) is 5.02 Å². The molecule has 0 radical (unpaired) electrons. The molecule has 35 heavy (non-hydrogen) atoms. The van der Waals surface area contributed by atoms with Crippen molar-refractivity contribution >= 4 is 23.3 Å². The molecule has 1 aliphatic rings. The lowest BCUT2D eigenvalue weighted by molar-refractivity contribution is -0.133. The number of ether oxygens (including phenoxy) is 4. The largest absolute Gasteiger partial charge is 0.493 e. The van der Waals surface area contributed by atoms with Crippen LogP contribution in [0.4, 0.5) is 5.82 Å². The zero-order valence-corrected chi connectivity index (χ0v) is 20.6. The van der Waals surface area contributed by atoms with Crippen LogP contribution < -0.4 is 23.8 Å². The Hall–Kier alpha value is -3.72. The number of para-hydroxylation sites is 1. The Kier molecular flexibility index (Phi) is 7.77. The Bertz CT molecular complexity index is 1140. The van der Waals surface area contributed by atoms with E-state index in [0.29, 0.717) is 59.9 Å². The summed E-state index contributed by atoms with van der Waals surface area (Å²) in [5, 5.41) is 9.29. The first kappa shape index (κ1) is 24.4. The van der Waals surface area contributed by atoms with Gasteiger partial charge in [-0.25, -0.2) is 0 Å². The molecule has 1 saturated heterocycles. The summed E-state index contributed by atoms with van der Waals surface area (Å²) in [7, 11) is 4.71. The first-order valence-electron chi connectivity index (χ1n) is 11.1. The van der Waals surface area contributed by atoms with E-state index < -0.39 is 0 Å². The lowest BCUT2D eigenvalue weighted by atomic mass is 10.1. The molecule has 1 aromatic heterocycles. The van der Waals surface area contributed by atoms with Crippen molar-refractivity contribution in [3.63, 3.8) is 0 Å². The van der Waals surface area contributed by atoms with E-state index >= 15 is 0 Å². The number of amides is 1. The number of hydrogen-bond acceptors (Lipinski definition) is 8. The van der Waals surface area contributed by atoms with Gasteiger partial charge in [0.15, 0.2) is 23.9 Å². The zero-order valence-electron chi connectivity index (χ0n) is 19.9. The van der Waals surface area contributed by atoms with Gasteiger partial charge in [-0.3, -0.25) is 4.79 Å². The molecule has 1 fully saturated rings. The standard InChI is InChI=1S/C25H27ClN4O5/c1-32-21-14-17(15-22(33-2)25(21)34-3)19-8-9-23(28-27-19)29-10-12-30(13-11-29)24(31)16-35-20-7-5-4-6-18(20)26/h4-9,14-15H,10-13,16H2,1-3H3. The molecule has 0 saturated carbocycles. The predicted octanol–water partition coefficient (Wildman–Crippen LogP) is 3.55. The first-order valence-corrected chi connectivity index (χ1v) is 11.5. The molecule has 1 aliphatic heterocycles. The Balaban J connectivity index is 1.36. The van der Waals surface area contributed by atoms with Gasteiger partial charge in [-0.05, 0) is 36.4 Å². The van der Waals surface area contributed by atoms with Crippen LogP contribution in [-0.2, 0) is 4.79 Å². The maximum Gasteiger partial charge on any atom is 0.260 e. The number of benzene rings is 2. The Morgan fingerprint density at radius 3 is 2.14 bits per heavy atom. The Morgan fingerprint density at radius 2 is 1.57 bits per heavy atom. The Labute approximate surface area is 209 Å². The minimum Gasteiger partial charge on any atom is -0.493 e. The van der Waals surface area contributed by atoms with Crippen molar-refractivity contribution in [2.45, 2.75) is 0 Å². The second kappa shape index (κ2) is 11.1. The number of nitrogens with zero attached hydrogens (tertiary/aromatic N) is 4. The van der Waals surface area contributed by atoms with Gasteiger partial charge >= 0.3 is 0 Å². The van der Waals surface area contributed by atoms with E-state index in [-0.39, 0.29) is 12.5 Å². The van der Waals surface area contributed by atoms with Gasteiger partial charge in [0.25, 0.3) is 5.91 Å². The van der Waals surface area contributed by atoms with E-state index in [1.54, 1.807) is 38.4 Å². The molecular formula is C25H27ClN4O5. The van der Waals surface area contributed by atoms with Gasteiger partial charge in [-0.15, -0.1) is 10.2 Å². The van der Waals surface area contributed by atoms with Crippen LogP contribution in [0.5, 0.6) is 23.0 Å². The molecule has 0 bridgehead atoms. The number of rotatable bonds is 8. The van der Waals surface area contributed by atoms with Crippen LogP contribution in [0.15, 0.2) is 48.5 Å². The average Bonchev–Trinajstić information content (AvgIpc) is 2.91. The molecule has 0 aliphatic carbocycles. The lowest BCUT2D eigenvalue weighted by Gasteiger charge is -2.35. The molecule has 0 spiro atoms. The maximum atomic E-state index is 12.6. The quantitative estimate of drug-likeness (QED) is 0.466. The highest BCUT2D eigenvalue weighted by Crippen LogP contribution is 2.40. The van der Waals surface area contributed by atoms with Crippen molar-refractivity contribution in [3.05, 3.63) is 53.6 Å². The summed E-state index contributed by atoms with van der Waals surface area (Å²) in [5.74, 6) is 2.80. The molecule has 0 N–H and O–H groups in total. The second-order valence-corrected chi connectivity index (χ2v) is 8.18. The number of aromatic nitrogens is 2. The lowest BCUT2D eigenvalue weighted by Crippen LogP contribution is -2.50. The van der Waals surface area contributed by atoms with E-state index in [2.05, 4.69) is 15.1 Å². The minimum absolute atomic E-state index is 0.0486. The predicted molar refractivity (Wildman–Crippen MR) is 133 cm³/mol. The van der Waals surface area contributed by atoms with Gasteiger partial charge in [0.2, 0.25) is 5.75 Å². The third-order valence-corrected chi connectivity index (χ3v) is 6.07. The van der Waals surface area contributed by atoms with Crippen molar-refractivity contribution in [2.24, 2.45) is 0 Å². The molecular weight excluding hydrogens is 472 g/mol. The molecule has 1 amide bonds. The van der Waals surface area contributed by atoms with Crippen LogP contribution in [0, 0.1) is 0 Å². The zero-order chi connectivity index (χ0) is 24.8. The van der Waals surface area contributed by atoms with Crippen LogP contribution in [-0.4, -0.2) is 75.1 Å². The highest BCUT2D eigenvalue weighted by atomic mass is 35.5. The molecule has 0 unspecified atom stereocenters. The summed E-state index contributed by atoms with van der Waals surface area (Å²) in [5.41, 5.74) is 1.48. The molecule has 2 heterocycles. The van der Waals surface area contributed by atoms with Crippen LogP contribution in [0.1, 0.15) is 0 Å². The first-order chi connectivity index (χ1) is 17.0. The van der Waals surface area contributed by atoms with Gasteiger partial charge in [0, 0.05) is 31.7 Å². The summed E-state index contributed by atoms with van der Waals surface area (Å²) in [6.07, 6.45) is 0. The van der Waals surface area contributed by atoms with E-state index in [9.17, 15) is 4.79 Å². The number of piperazine rings is 1. The number of anilines is 1. The third-order valence-electron chi connectivity index (χ3n) is 5.76. The number of hydrogen-bond donors (Lipinski definition) is 0. The smallest absolute Gasteiger partial charge is 0.260 e. The van der Waals surface area contributed by atoms with Crippen molar-refractivity contribution in [1.29, 1.82) is 0 Å². The van der Waals surface area contributed by atoms with E-state index in [1.165, 1.54) is 0 Å². The van der Waals surface area contributed by atoms with Crippen molar-refractivity contribution < 1.29 is 23.7 Å². The van der Waals surface area contributed by atoms with E-state index in [1.807, 2.05) is 36.4 Å². The normalized spacial score (nSPS) is 13.4. The molecule has 3 aromatic rings. The molecule has 2 aromatic carbocycles. The average molecular weight is 499 g/mol. The molecule has 4 rings (SSSR count). The molecule has 10 heteroatoms. The third kappa shape index (κ3) is 5.51. The fourth-order valence-corrected chi connectivity index (χ4v) is 4.04. The summed E-state index contributed by atoms with van der Waals surface area (Å²) in [6.45, 7) is 2.39. The second-order valence-electron chi connectivity index (χ2n) is 7.78. The fourth-order valence-electron chi connectivity index (χ4n) is 3.85. The monoisotopic (exact) mass is 498 g/mol. The highest BCUT2D eigenvalue weighted by Gasteiger charge is 2.23. The number of carbonyl (C=O) groups excluding carboxylic acids is 1. The van der Waals surface area contributed by atoms with Gasteiger partial charge in [-0.1, -0.05) is 23.7 Å².